The van der Waals surface area contributed by atoms with E-state index in [-0.39, 0.29) is 5.56 Å². The van der Waals surface area contributed by atoms with Crippen LogP contribution in [0.4, 0.5) is 0 Å². The molecule has 138 valence electrons. The molecule has 0 fully saturated rings. The van der Waals surface area contributed by atoms with Crippen LogP contribution in [-0.2, 0) is 17.0 Å². The fourth-order valence-electron chi connectivity index (χ4n) is 2.91. The molecule has 3 aromatic heterocycles. The van der Waals surface area contributed by atoms with Gasteiger partial charge in [0.2, 0.25) is 11.4 Å². The van der Waals surface area contributed by atoms with Crippen molar-refractivity contribution in [3.05, 3.63) is 64.6 Å². The van der Waals surface area contributed by atoms with Crippen LogP contribution in [0.1, 0.15) is 5.56 Å². The molecular weight excluding hydrogens is 364 g/mol. The monoisotopic (exact) mass is 382 g/mol. The Morgan fingerprint density at radius 1 is 1.22 bits per heavy atom. The van der Waals surface area contributed by atoms with Crippen molar-refractivity contribution in [1.82, 2.24) is 19.7 Å². The predicted molar refractivity (Wildman–Crippen MR) is 104 cm³/mol. The van der Waals surface area contributed by atoms with E-state index in [1.54, 1.807) is 19.4 Å². The molecule has 4 aromatic rings. The summed E-state index contributed by atoms with van der Waals surface area (Å²) in [5.74, 6) is 1.93. The number of rotatable bonds is 7. The topological polar surface area (TPSA) is 85.9 Å². The third-order valence-electron chi connectivity index (χ3n) is 4.17. The Bertz CT molecular complexity index is 1100. The van der Waals surface area contributed by atoms with E-state index in [0.29, 0.717) is 30.5 Å². The van der Waals surface area contributed by atoms with Gasteiger partial charge in [-0.1, -0.05) is 30.0 Å². The van der Waals surface area contributed by atoms with Crippen LogP contribution in [-0.4, -0.2) is 33.5 Å². The number of ether oxygens (including phenoxy) is 1. The molecule has 0 spiro atoms. The van der Waals surface area contributed by atoms with Gasteiger partial charge >= 0.3 is 0 Å². The van der Waals surface area contributed by atoms with Gasteiger partial charge in [-0.05, 0) is 23.8 Å². The molecule has 4 rings (SSSR count). The Labute approximate surface area is 159 Å². The van der Waals surface area contributed by atoms with Gasteiger partial charge in [-0.15, -0.1) is 10.2 Å². The maximum absolute atomic E-state index is 12.0. The maximum atomic E-state index is 12.0. The summed E-state index contributed by atoms with van der Waals surface area (Å²) in [5.41, 5.74) is 1.68. The van der Waals surface area contributed by atoms with Crippen molar-refractivity contribution < 1.29 is 9.15 Å². The smallest absolute Gasteiger partial charge is 0.248 e. The lowest BCUT2D eigenvalue weighted by Gasteiger charge is -2.09. The van der Waals surface area contributed by atoms with Crippen LogP contribution in [0.3, 0.4) is 0 Å². The standard InChI is InChI=1S/C19H18N4O3S/c1-25-10-8-23-18(16-7-4-9-26-16)21-22-19(23)27-12-13-11-17(24)20-15-6-3-2-5-14(13)15/h2-7,9,11H,8,10,12H2,1H3,(H,20,24). The molecule has 8 heteroatoms. The van der Waals surface area contributed by atoms with E-state index in [2.05, 4.69) is 15.2 Å². The van der Waals surface area contributed by atoms with Gasteiger partial charge in [0.1, 0.15) is 0 Å². The Hall–Kier alpha value is -2.84. The normalized spacial score (nSPS) is 11.3. The Balaban J connectivity index is 1.65. The average molecular weight is 382 g/mol. The molecule has 0 radical (unpaired) electrons. The van der Waals surface area contributed by atoms with Crippen molar-refractivity contribution in [3.63, 3.8) is 0 Å². The number of pyridine rings is 1. The summed E-state index contributed by atoms with van der Waals surface area (Å²) in [6.07, 6.45) is 1.61. The minimum Gasteiger partial charge on any atom is -0.461 e. The van der Waals surface area contributed by atoms with Gasteiger partial charge in [-0.2, -0.15) is 0 Å². The van der Waals surface area contributed by atoms with Gasteiger partial charge in [0.25, 0.3) is 0 Å². The number of nitrogens with zero attached hydrogens (tertiary/aromatic N) is 3. The van der Waals surface area contributed by atoms with Gasteiger partial charge < -0.3 is 14.1 Å². The van der Waals surface area contributed by atoms with Crippen LogP contribution < -0.4 is 5.56 Å². The van der Waals surface area contributed by atoms with Crippen LogP contribution in [0.25, 0.3) is 22.5 Å². The molecule has 1 N–H and O–H groups in total. The number of benzene rings is 1. The highest BCUT2D eigenvalue weighted by molar-refractivity contribution is 7.98. The van der Waals surface area contributed by atoms with E-state index in [9.17, 15) is 4.79 Å². The van der Waals surface area contributed by atoms with E-state index in [4.69, 9.17) is 9.15 Å². The Kier molecular flexibility index (Phi) is 5.08. The molecule has 0 aliphatic rings. The van der Waals surface area contributed by atoms with Gasteiger partial charge in [-0.3, -0.25) is 9.36 Å². The quantitative estimate of drug-likeness (QED) is 0.494. The zero-order valence-electron chi connectivity index (χ0n) is 14.7. The first kappa shape index (κ1) is 17.6. The number of methoxy groups -OCH3 is 1. The first-order valence-electron chi connectivity index (χ1n) is 8.46. The van der Waals surface area contributed by atoms with Crippen LogP contribution >= 0.6 is 11.8 Å². The second-order valence-electron chi connectivity index (χ2n) is 5.92. The molecule has 0 aliphatic heterocycles. The Morgan fingerprint density at radius 3 is 2.93 bits per heavy atom. The summed E-state index contributed by atoms with van der Waals surface area (Å²) in [6, 6.07) is 13.1. The Morgan fingerprint density at radius 2 is 2.11 bits per heavy atom. The van der Waals surface area contributed by atoms with E-state index in [1.165, 1.54) is 11.8 Å². The summed E-state index contributed by atoms with van der Waals surface area (Å²) < 4.78 is 12.7. The highest BCUT2D eigenvalue weighted by Gasteiger charge is 2.16. The van der Waals surface area contributed by atoms with Crippen LogP contribution in [0.15, 0.2) is 63.1 Å². The molecule has 1 aromatic carbocycles. The van der Waals surface area contributed by atoms with E-state index >= 15 is 0 Å². The molecule has 0 unspecified atom stereocenters. The zero-order valence-corrected chi connectivity index (χ0v) is 15.5. The summed E-state index contributed by atoms with van der Waals surface area (Å²) in [7, 11) is 1.66. The predicted octanol–water partition coefficient (Wildman–Crippen LogP) is 3.32. The molecule has 0 aliphatic carbocycles. The van der Waals surface area contributed by atoms with Crippen molar-refractivity contribution in [2.75, 3.05) is 13.7 Å². The van der Waals surface area contributed by atoms with Crippen molar-refractivity contribution >= 4 is 22.7 Å². The summed E-state index contributed by atoms with van der Waals surface area (Å²) >= 11 is 1.53. The highest BCUT2D eigenvalue weighted by Crippen LogP contribution is 2.28. The van der Waals surface area contributed by atoms with Gasteiger partial charge in [0.05, 0.1) is 19.4 Å². The molecule has 27 heavy (non-hydrogen) atoms. The van der Waals surface area contributed by atoms with E-state index in [1.807, 2.05) is 41.0 Å². The lowest BCUT2D eigenvalue weighted by atomic mass is 10.1. The van der Waals surface area contributed by atoms with Crippen LogP contribution in [0.5, 0.6) is 0 Å². The third kappa shape index (κ3) is 3.67. The number of aromatic nitrogens is 4. The number of fused-ring (bicyclic) bond motifs is 1. The molecule has 0 amide bonds. The average Bonchev–Trinajstić information content (AvgIpc) is 3.33. The van der Waals surface area contributed by atoms with Crippen molar-refractivity contribution in [2.45, 2.75) is 17.5 Å². The van der Waals surface area contributed by atoms with E-state index < -0.39 is 0 Å². The fourth-order valence-corrected chi connectivity index (χ4v) is 3.86. The summed E-state index contributed by atoms with van der Waals surface area (Å²) in [5, 5.41) is 10.4. The lowest BCUT2D eigenvalue weighted by Crippen LogP contribution is -2.08. The maximum Gasteiger partial charge on any atom is 0.248 e. The minimum atomic E-state index is -0.110. The summed E-state index contributed by atoms with van der Waals surface area (Å²) in [6.45, 7) is 1.14. The molecule has 3 heterocycles. The molecule has 0 bridgehead atoms. The number of thioether (sulfide) groups is 1. The number of nitrogens with one attached hydrogen (secondary N) is 1. The largest absolute Gasteiger partial charge is 0.461 e. The molecule has 7 nitrogen and oxygen atoms in total. The number of hydrogen-bond acceptors (Lipinski definition) is 6. The number of para-hydroxylation sites is 1. The SMILES string of the molecule is COCCn1c(SCc2cc(=O)[nH]c3ccccc23)nnc1-c1ccco1. The van der Waals surface area contributed by atoms with Crippen LogP contribution in [0.2, 0.25) is 0 Å². The minimum absolute atomic E-state index is 0.110. The van der Waals surface area contributed by atoms with E-state index in [0.717, 1.165) is 21.6 Å². The van der Waals surface area contributed by atoms with Crippen LogP contribution in [0, 0.1) is 0 Å². The highest BCUT2D eigenvalue weighted by atomic mass is 32.2. The zero-order chi connectivity index (χ0) is 18.6. The third-order valence-corrected chi connectivity index (χ3v) is 5.19. The molecule has 0 saturated heterocycles. The van der Waals surface area contributed by atoms with Gasteiger partial charge in [0.15, 0.2) is 10.9 Å². The summed E-state index contributed by atoms with van der Waals surface area (Å²) in [4.78, 5) is 14.8. The van der Waals surface area contributed by atoms with Gasteiger partial charge in [-0.25, -0.2) is 0 Å². The lowest BCUT2D eigenvalue weighted by molar-refractivity contribution is 0.185. The number of hydrogen-bond donors (Lipinski definition) is 1. The molecule has 0 saturated carbocycles. The van der Waals surface area contributed by atoms with Gasteiger partial charge in [0, 0.05) is 29.8 Å². The van der Waals surface area contributed by atoms with Crippen molar-refractivity contribution in [3.8, 4) is 11.6 Å². The number of aromatic amines is 1. The number of H-pyrrole nitrogens is 1. The first-order valence-corrected chi connectivity index (χ1v) is 9.44. The molecular formula is C19H18N4O3S. The fraction of sp³-hybridized carbons (Fsp3) is 0.211. The molecule has 0 atom stereocenters. The first-order chi connectivity index (χ1) is 13.3. The second-order valence-corrected chi connectivity index (χ2v) is 6.86. The number of furan rings is 1. The van der Waals surface area contributed by atoms with Crippen molar-refractivity contribution in [1.29, 1.82) is 0 Å². The second kappa shape index (κ2) is 7.81. The van der Waals surface area contributed by atoms with Crippen molar-refractivity contribution in [2.24, 2.45) is 0 Å².